The summed E-state index contributed by atoms with van der Waals surface area (Å²) in [5.41, 5.74) is 7.79. The number of ether oxygens (including phenoxy) is 1. The summed E-state index contributed by atoms with van der Waals surface area (Å²) in [4.78, 5) is 11.2. The van der Waals surface area contributed by atoms with Gasteiger partial charge in [0.2, 0.25) is 5.91 Å². The highest BCUT2D eigenvalue weighted by molar-refractivity contribution is 5.92. The largest absolute Gasteiger partial charge is 0.508 e. The van der Waals surface area contributed by atoms with Crippen LogP contribution in [0.25, 0.3) is 0 Å². The molecule has 1 amide bonds. The number of phenolic OH excluding ortho intramolecular Hbond substituents is 1. The van der Waals surface area contributed by atoms with E-state index in [0.29, 0.717) is 24.5 Å². The van der Waals surface area contributed by atoms with E-state index in [1.165, 1.54) is 0 Å². The summed E-state index contributed by atoms with van der Waals surface area (Å²) in [6.45, 7) is 1.13. The molecule has 0 radical (unpaired) electrons. The third kappa shape index (κ3) is 2.83. The lowest BCUT2D eigenvalue weighted by Gasteiger charge is -2.12. The van der Waals surface area contributed by atoms with Gasteiger partial charge in [0.1, 0.15) is 18.1 Å². The van der Waals surface area contributed by atoms with E-state index >= 15 is 0 Å². The predicted molar refractivity (Wildman–Crippen MR) is 78.1 cm³/mol. The van der Waals surface area contributed by atoms with E-state index < -0.39 is 5.91 Å². The molecule has 2 aromatic rings. The molecule has 1 aliphatic rings. The maximum atomic E-state index is 11.2. The molecule has 21 heavy (non-hydrogen) atoms. The maximum absolute atomic E-state index is 11.2. The Balaban J connectivity index is 1.70. The molecule has 1 heterocycles. The first-order chi connectivity index (χ1) is 10.1. The van der Waals surface area contributed by atoms with Gasteiger partial charge in [-0.25, -0.2) is 0 Å². The van der Waals surface area contributed by atoms with E-state index in [2.05, 4.69) is 5.32 Å². The number of nitrogens with two attached hydrogens (primary N) is 1. The summed E-state index contributed by atoms with van der Waals surface area (Å²) in [6, 6.07) is 12.4. The van der Waals surface area contributed by atoms with Crippen molar-refractivity contribution in [2.45, 2.75) is 12.6 Å². The van der Waals surface area contributed by atoms with Crippen molar-refractivity contribution in [3.63, 3.8) is 0 Å². The molecule has 1 unspecified atom stereocenters. The van der Waals surface area contributed by atoms with Gasteiger partial charge in [-0.3, -0.25) is 4.79 Å². The molecule has 5 nitrogen and oxygen atoms in total. The van der Waals surface area contributed by atoms with Crippen molar-refractivity contribution >= 4 is 5.91 Å². The van der Waals surface area contributed by atoms with Gasteiger partial charge in [0.25, 0.3) is 0 Å². The minimum Gasteiger partial charge on any atom is -0.508 e. The van der Waals surface area contributed by atoms with Crippen molar-refractivity contribution in [3.8, 4) is 11.5 Å². The molecule has 0 aliphatic carbocycles. The molecule has 1 aliphatic heterocycles. The molecular formula is C16H16N2O3. The number of hydrogen-bond donors (Lipinski definition) is 3. The Morgan fingerprint density at radius 1 is 1.33 bits per heavy atom. The van der Waals surface area contributed by atoms with Gasteiger partial charge in [-0.05, 0) is 29.8 Å². The van der Waals surface area contributed by atoms with Gasteiger partial charge in [0.15, 0.2) is 0 Å². The predicted octanol–water partition coefficient (Wildman–Crippen LogP) is 1.71. The number of carbonyl (C=O) groups is 1. The van der Waals surface area contributed by atoms with Gasteiger partial charge < -0.3 is 20.9 Å². The fraction of sp³-hybridized carbons (Fsp3) is 0.188. The molecule has 0 saturated heterocycles. The van der Waals surface area contributed by atoms with Gasteiger partial charge in [-0.2, -0.15) is 0 Å². The molecule has 0 saturated carbocycles. The van der Waals surface area contributed by atoms with Crippen LogP contribution in [0.1, 0.15) is 27.5 Å². The number of carbonyl (C=O) groups excluding carboxylic acids is 1. The molecule has 5 heteroatoms. The number of phenols is 1. The smallest absolute Gasteiger partial charge is 0.248 e. The highest BCUT2D eigenvalue weighted by Crippen LogP contribution is 2.34. The summed E-state index contributed by atoms with van der Waals surface area (Å²) < 4.78 is 5.55. The third-order valence-electron chi connectivity index (χ3n) is 3.54. The Hall–Kier alpha value is -2.53. The summed E-state index contributed by atoms with van der Waals surface area (Å²) in [5.74, 6) is 0.476. The molecule has 3 rings (SSSR count). The van der Waals surface area contributed by atoms with E-state index in [1.807, 2.05) is 18.2 Å². The maximum Gasteiger partial charge on any atom is 0.248 e. The SMILES string of the molecule is NC(=O)c1cccc(CNC2COc3cc(O)ccc32)c1. The minimum absolute atomic E-state index is 0.0674. The first-order valence-corrected chi connectivity index (χ1v) is 6.71. The van der Waals surface area contributed by atoms with Crippen LogP contribution in [0.5, 0.6) is 11.5 Å². The van der Waals surface area contributed by atoms with Crippen LogP contribution in [0.15, 0.2) is 42.5 Å². The normalized spacial score (nSPS) is 16.3. The zero-order chi connectivity index (χ0) is 14.8. The molecule has 0 bridgehead atoms. The molecule has 0 spiro atoms. The van der Waals surface area contributed by atoms with Crippen molar-refractivity contribution in [1.29, 1.82) is 0 Å². The van der Waals surface area contributed by atoms with Gasteiger partial charge in [-0.15, -0.1) is 0 Å². The Kier molecular flexibility index (Phi) is 3.50. The van der Waals surface area contributed by atoms with Crippen LogP contribution in [0.2, 0.25) is 0 Å². The Morgan fingerprint density at radius 2 is 2.19 bits per heavy atom. The molecule has 0 aromatic heterocycles. The lowest BCUT2D eigenvalue weighted by molar-refractivity contribution is 0.1000. The first kappa shape index (κ1) is 13.5. The molecular weight excluding hydrogens is 268 g/mol. The highest BCUT2D eigenvalue weighted by Gasteiger charge is 2.23. The average molecular weight is 284 g/mol. The fourth-order valence-corrected chi connectivity index (χ4v) is 2.44. The zero-order valence-corrected chi connectivity index (χ0v) is 11.4. The second-order valence-electron chi connectivity index (χ2n) is 5.03. The molecule has 2 aromatic carbocycles. The summed E-state index contributed by atoms with van der Waals surface area (Å²) >= 11 is 0. The Labute approximate surface area is 122 Å². The number of aromatic hydroxyl groups is 1. The van der Waals surface area contributed by atoms with E-state index in [-0.39, 0.29) is 11.8 Å². The van der Waals surface area contributed by atoms with Crippen molar-refractivity contribution in [2.24, 2.45) is 5.73 Å². The van der Waals surface area contributed by atoms with Crippen molar-refractivity contribution in [3.05, 3.63) is 59.2 Å². The minimum atomic E-state index is -0.429. The number of rotatable bonds is 4. The third-order valence-corrected chi connectivity index (χ3v) is 3.54. The summed E-state index contributed by atoms with van der Waals surface area (Å²) in [7, 11) is 0. The van der Waals surface area contributed by atoms with E-state index in [4.69, 9.17) is 10.5 Å². The molecule has 1 atom stereocenters. The zero-order valence-electron chi connectivity index (χ0n) is 11.4. The Morgan fingerprint density at radius 3 is 3.00 bits per heavy atom. The van der Waals surface area contributed by atoms with Crippen LogP contribution in [-0.2, 0) is 6.54 Å². The van der Waals surface area contributed by atoms with Crippen LogP contribution in [0.3, 0.4) is 0 Å². The van der Waals surface area contributed by atoms with Crippen LogP contribution in [-0.4, -0.2) is 17.6 Å². The summed E-state index contributed by atoms with van der Waals surface area (Å²) in [5, 5.41) is 12.8. The summed E-state index contributed by atoms with van der Waals surface area (Å²) in [6.07, 6.45) is 0. The topological polar surface area (TPSA) is 84.6 Å². The van der Waals surface area contributed by atoms with Crippen LogP contribution >= 0.6 is 0 Å². The van der Waals surface area contributed by atoms with Crippen LogP contribution in [0.4, 0.5) is 0 Å². The quantitative estimate of drug-likeness (QED) is 0.798. The van der Waals surface area contributed by atoms with Crippen LogP contribution < -0.4 is 15.8 Å². The number of hydrogen-bond acceptors (Lipinski definition) is 4. The lowest BCUT2D eigenvalue weighted by Crippen LogP contribution is -2.22. The number of amides is 1. The second-order valence-corrected chi connectivity index (χ2v) is 5.03. The fourth-order valence-electron chi connectivity index (χ4n) is 2.44. The number of nitrogens with one attached hydrogen (secondary N) is 1. The van der Waals surface area contributed by atoms with Crippen molar-refractivity contribution < 1.29 is 14.6 Å². The Bertz CT molecular complexity index is 685. The lowest BCUT2D eigenvalue weighted by atomic mass is 10.1. The average Bonchev–Trinajstić information content (AvgIpc) is 2.87. The van der Waals surface area contributed by atoms with Gasteiger partial charge >= 0.3 is 0 Å². The van der Waals surface area contributed by atoms with Crippen molar-refractivity contribution in [2.75, 3.05) is 6.61 Å². The molecule has 108 valence electrons. The number of fused-ring (bicyclic) bond motifs is 1. The standard InChI is InChI=1S/C16H16N2O3/c17-16(20)11-3-1-2-10(6-11)8-18-14-9-21-15-7-12(19)4-5-13(14)15/h1-7,14,18-19H,8-9H2,(H2,17,20). The molecule has 0 fully saturated rings. The van der Waals surface area contributed by atoms with E-state index in [0.717, 1.165) is 11.1 Å². The van der Waals surface area contributed by atoms with Crippen molar-refractivity contribution in [1.82, 2.24) is 5.32 Å². The van der Waals surface area contributed by atoms with E-state index in [9.17, 15) is 9.90 Å². The highest BCUT2D eigenvalue weighted by atomic mass is 16.5. The van der Waals surface area contributed by atoms with Gasteiger partial charge in [0, 0.05) is 23.7 Å². The van der Waals surface area contributed by atoms with E-state index in [1.54, 1.807) is 24.3 Å². The second kappa shape index (κ2) is 5.46. The van der Waals surface area contributed by atoms with Crippen LogP contribution in [0, 0.1) is 0 Å². The number of primary amides is 1. The number of benzene rings is 2. The van der Waals surface area contributed by atoms with Gasteiger partial charge in [0.05, 0.1) is 6.04 Å². The first-order valence-electron chi connectivity index (χ1n) is 6.71. The monoisotopic (exact) mass is 284 g/mol. The molecule has 4 N–H and O–H groups in total. The van der Waals surface area contributed by atoms with Gasteiger partial charge in [-0.1, -0.05) is 12.1 Å².